The van der Waals surface area contributed by atoms with Gasteiger partial charge in [0.05, 0.1) is 11.4 Å². The normalized spacial score (nSPS) is 11.3. The van der Waals surface area contributed by atoms with Crippen molar-refractivity contribution in [3.05, 3.63) is 29.6 Å². The number of pyridine rings is 1. The van der Waals surface area contributed by atoms with Crippen LogP contribution in [0.3, 0.4) is 0 Å². The topological polar surface area (TPSA) is 59.4 Å². The third-order valence-corrected chi connectivity index (χ3v) is 3.37. The number of aromatic nitrogens is 5. The molecular formula is C14H17N5. The highest BCUT2D eigenvalue weighted by Gasteiger charge is 2.13. The van der Waals surface area contributed by atoms with Gasteiger partial charge >= 0.3 is 0 Å². The average molecular weight is 255 g/mol. The number of rotatable bonds is 3. The van der Waals surface area contributed by atoms with Gasteiger partial charge in [0.1, 0.15) is 0 Å². The summed E-state index contributed by atoms with van der Waals surface area (Å²) in [5, 5.41) is 12.7. The predicted molar refractivity (Wildman–Crippen MR) is 74.9 cm³/mol. The Morgan fingerprint density at radius 1 is 1.32 bits per heavy atom. The van der Waals surface area contributed by atoms with Crippen LogP contribution in [-0.4, -0.2) is 25.0 Å². The summed E-state index contributed by atoms with van der Waals surface area (Å²) in [5.74, 6) is 0. The summed E-state index contributed by atoms with van der Waals surface area (Å²) < 4.78 is 2.04. The fraction of sp³-hybridized carbons (Fsp3) is 0.357. The lowest BCUT2D eigenvalue weighted by atomic mass is 10.1. The van der Waals surface area contributed by atoms with Gasteiger partial charge < -0.3 is 0 Å². The summed E-state index contributed by atoms with van der Waals surface area (Å²) in [7, 11) is 0. The summed E-state index contributed by atoms with van der Waals surface area (Å²) in [6.45, 7) is 7.30. The van der Waals surface area contributed by atoms with Gasteiger partial charge in [-0.05, 0) is 38.0 Å². The number of H-pyrrole nitrogens is 1. The van der Waals surface area contributed by atoms with E-state index in [-0.39, 0.29) is 0 Å². The first kappa shape index (κ1) is 11.9. The third-order valence-electron chi connectivity index (χ3n) is 3.37. The van der Waals surface area contributed by atoms with Crippen LogP contribution in [0.15, 0.2) is 18.3 Å². The van der Waals surface area contributed by atoms with Crippen molar-refractivity contribution < 1.29 is 0 Å². The molecule has 0 amide bonds. The molecule has 3 aromatic heterocycles. The fourth-order valence-electron chi connectivity index (χ4n) is 2.46. The number of nitrogens with zero attached hydrogens (tertiary/aromatic N) is 4. The van der Waals surface area contributed by atoms with Gasteiger partial charge in [-0.25, -0.2) is 4.98 Å². The molecular weight excluding hydrogens is 238 g/mol. The molecule has 5 heteroatoms. The number of aromatic amines is 1. The molecule has 0 spiro atoms. The van der Waals surface area contributed by atoms with E-state index >= 15 is 0 Å². The Labute approximate surface area is 111 Å². The van der Waals surface area contributed by atoms with Crippen molar-refractivity contribution in [2.45, 2.75) is 33.7 Å². The van der Waals surface area contributed by atoms with E-state index in [1.54, 1.807) is 6.20 Å². The number of hydrogen-bond donors (Lipinski definition) is 1. The van der Waals surface area contributed by atoms with Crippen LogP contribution in [0.4, 0.5) is 0 Å². The van der Waals surface area contributed by atoms with E-state index in [0.717, 1.165) is 35.4 Å². The molecule has 98 valence electrons. The number of fused-ring (bicyclic) bond motifs is 1. The van der Waals surface area contributed by atoms with E-state index in [9.17, 15) is 0 Å². The molecule has 3 rings (SSSR count). The van der Waals surface area contributed by atoms with Gasteiger partial charge in [-0.15, -0.1) is 0 Å². The molecule has 3 aromatic rings. The molecule has 0 aliphatic rings. The van der Waals surface area contributed by atoms with Crippen molar-refractivity contribution >= 4 is 11.0 Å². The number of hydrogen-bond acceptors (Lipinski definition) is 3. The van der Waals surface area contributed by atoms with Crippen LogP contribution in [0.2, 0.25) is 0 Å². The summed E-state index contributed by atoms with van der Waals surface area (Å²) in [6, 6.07) is 4.00. The highest BCUT2D eigenvalue weighted by Crippen LogP contribution is 2.25. The Morgan fingerprint density at radius 3 is 2.84 bits per heavy atom. The van der Waals surface area contributed by atoms with Crippen LogP contribution in [0.1, 0.15) is 24.6 Å². The molecule has 0 aliphatic carbocycles. The molecule has 0 saturated heterocycles. The third kappa shape index (κ3) is 1.91. The Hall–Kier alpha value is -2.17. The molecule has 0 atom stereocenters. The van der Waals surface area contributed by atoms with E-state index in [4.69, 9.17) is 0 Å². The first-order chi connectivity index (χ1) is 9.20. The summed E-state index contributed by atoms with van der Waals surface area (Å²) in [4.78, 5) is 4.64. The van der Waals surface area contributed by atoms with Crippen molar-refractivity contribution in [1.29, 1.82) is 0 Å². The summed E-state index contributed by atoms with van der Waals surface area (Å²) >= 11 is 0. The number of nitrogens with one attached hydrogen (secondary N) is 1. The van der Waals surface area contributed by atoms with Crippen molar-refractivity contribution in [1.82, 2.24) is 25.0 Å². The maximum atomic E-state index is 4.64. The van der Waals surface area contributed by atoms with E-state index < -0.39 is 0 Å². The fourth-order valence-corrected chi connectivity index (χ4v) is 2.46. The Balaban J connectivity index is 2.21. The Kier molecular flexibility index (Phi) is 2.81. The lowest BCUT2D eigenvalue weighted by Crippen LogP contribution is -2.00. The van der Waals surface area contributed by atoms with Crippen molar-refractivity contribution in [2.24, 2.45) is 0 Å². The van der Waals surface area contributed by atoms with Gasteiger partial charge in [0.25, 0.3) is 0 Å². The monoisotopic (exact) mass is 255 g/mol. The van der Waals surface area contributed by atoms with Crippen LogP contribution < -0.4 is 0 Å². The van der Waals surface area contributed by atoms with Crippen LogP contribution in [0.5, 0.6) is 0 Å². The molecule has 0 aromatic carbocycles. The zero-order valence-electron chi connectivity index (χ0n) is 11.4. The molecule has 0 bridgehead atoms. The summed E-state index contributed by atoms with van der Waals surface area (Å²) in [5.41, 5.74) is 5.03. The standard InChI is InChI=1S/C14H17N5/c1-4-7-19-10(3)13-9(2)8-12(16-14(13)18-19)11-5-6-15-17-11/h5-6,8H,4,7H2,1-3H3,(H,15,17). The SMILES string of the molecule is CCCn1nc2nc(-c3ccn[nH]3)cc(C)c2c1C. The predicted octanol–water partition coefficient (Wildman–Crippen LogP) is 2.85. The maximum absolute atomic E-state index is 4.64. The Morgan fingerprint density at radius 2 is 2.16 bits per heavy atom. The van der Waals surface area contributed by atoms with Crippen LogP contribution in [0, 0.1) is 13.8 Å². The molecule has 0 radical (unpaired) electrons. The minimum Gasteiger partial charge on any atom is -0.276 e. The van der Waals surface area contributed by atoms with Gasteiger partial charge in [0, 0.05) is 23.8 Å². The lowest BCUT2D eigenvalue weighted by molar-refractivity contribution is 0.592. The van der Waals surface area contributed by atoms with E-state index in [1.165, 1.54) is 11.3 Å². The van der Waals surface area contributed by atoms with Gasteiger partial charge in [0.15, 0.2) is 5.65 Å². The molecule has 3 heterocycles. The molecule has 19 heavy (non-hydrogen) atoms. The van der Waals surface area contributed by atoms with Gasteiger partial charge in [-0.3, -0.25) is 9.78 Å². The molecule has 0 fully saturated rings. The zero-order chi connectivity index (χ0) is 13.4. The van der Waals surface area contributed by atoms with Crippen molar-refractivity contribution in [3.63, 3.8) is 0 Å². The average Bonchev–Trinajstić information content (AvgIpc) is 2.99. The van der Waals surface area contributed by atoms with Crippen LogP contribution in [-0.2, 0) is 6.54 Å². The van der Waals surface area contributed by atoms with Crippen molar-refractivity contribution in [3.8, 4) is 11.4 Å². The number of aryl methyl sites for hydroxylation is 3. The van der Waals surface area contributed by atoms with Gasteiger partial charge in [-0.1, -0.05) is 6.92 Å². The minimum absolute atomic E-state index is 0.815. The quantitative estimate of drug-likeness (QED) is 0.782. The Bertz CT molecular complexity index is 709. The second-order valence-corrected chi connectivity index (χ2v) is 4.80. The lowest BCUT2D eigenvalue weighted by Gasteiger charge is -2.02. The molecule has 0 saturated carbocycles. The molecule has 1 N–H and O–H groups in total. The molecule has 0 unspecified atom stereocenters. The smallest absolute Gasteiger partial charge is 0.182 e. The van der Waals surface area contributed by atoms with Crippen molar-refractivity contribution in [2.75, 3.05) is 0 Å². The molecule has 0 aliphatic heterocycles. The largest absolute Gasteiger partial charge is 0.276 e. The maximum Gasteiger partial charge on any atom is 0.182 e. The highest BCUT2D eigenvalue weighted by atomic mass is 15.3. The zero-order valence-corrected chi connectivity index (χ0v) is 11.4. The van der Waals surface area contributed by atoms with Crippen LogP contribution >= 0.6 is 0 Å². The molecule has 5 nitrogen and oxygen atoms in total. The van der Waals surface area contributed by atoms with Gasteiger partial charge in [-0.2, -0.15) is 10.2 Å². The second-order valence-electron chi connectivity index (χ2n) is 4.80. The first-order valence-corrected chi connectivity index (χ1v) is 6.55. The van der Waals surface area contributed by atoms with Crippen LogP contribution in [0.25, 0.3) is 22.4 Å². The minimum atomic E-state index is 0.815. The summed E-state index contributed by atoms with van der Waals surface area (Å²) in [6.07, 6.45) is 2.80. The highest BCUT2D eigenvalue weighted by molar-refractivity contribution is 5.84. The van der Waals surface area contributed by atoms with Gasteiger partial charge in [0.2, 0.25) is 0 Å². The second kappa shape index (κ2) is 4.50. The van der Waals surface area contributed by atoms with E-state index in [0.29, 0.717) is 0 Å². The van der Waals surface area contributed by atoms with E-state index in [1.807, 2.05) is 10.7 Å². The van der Waals surface area contributed by atoms with E-state index in [2.05, 4.69) is 47.1 Å². The first-order valence-electron chi connectivity index (χ1n) is 6.55.